The van der Waals surface area contributed by atoms with Gasteiger partial charge < -0.3 is 9.47 Å². The lowest BCUT2D eigenvalue weighted by molar-refractivity contribution is -0.384. The zero-order valence-corrected chi connectivity index (χ0v) is 17.8. The summed E-state index contributed by atoms with van der Waals surface area (Å²) >= 11 is 0. The van der Waals surface area contributed by atoms with E-state index in [0.29, 0.717) is 0 Å². The molecule has 0 saturated carbocycles. The van der Waals surface area contributed by atoms with Gasteiger partial charge in [0.2, 0.25) is 0 Å². The maximum absolute atomic E-state index is 12.6. The molecule has 0 spiro atoms. The Morgan fingerprint density at radius 2 is 1.78 bits per heavy atom. The van der Waals surface area contributed by atoms with Gasteiger partial charge in [-0.25, -0.2) is 9.59 Å². The number of hydrogen-bond donors (Lipinski definition) is 0. The molecule has 2 aromatic carbocycles. The number of benzene rings is 2. The Morgan fingerprint density at radius 3 is 2.38 bits per heavy atom. The van der Waals surface area contributed by atoms with E-state index >= 15 is 0 Å². The first-order valence-corrected chi connectivity index (χ1v) is 10.8. The number of nitro benzene ring substituents is 1. The molecule has 32 heavy (non-hydrogen) atoms. The van der Waals surface area contributed by atoms with Crippen LogP contribution >= 0.6 is 0 Å². The third-order valence-electron chi connectivity index (χ3n) is 4.77. The fourth-order valence-corrected chi connectivity index (χ4v) is 4.28. The van der Waals surface area contributed by atoms with Crippen molar-refractivity contribution in [2.75, 3.05) is 13.7 Å². The lowest BCUT2D eigenvalue weighted by atomic mass is 10.2. The van der Waals surface area contributed by atoms with Crippen LogP contribution in [0.15, 0.2) is 59.5 Å². The topological polar surface area (TPSA) is 142 Å². The molecule has 2 atom stereocenters. The van der Waals surface area contributed by atoms with E-state index in [1.165, 1.54) is 0 Å². The molecule has 1 heterocycles. The van der Waals surface area contributed by atoms with Gasteiger partial charge in [0.15, 0.2) is 0 Å². The number of nitro groups is 1. The molecule has 12 heteroatoms. The van der Waals surface area contributed by atoms with E-state index in [9.17, 15) is 28.1 Å². The predicted molar refractivity (Wildman–Crippen MR) is 109 cm³/mol. The Hall–Kier alpha value is -3.51. The van der Waals surface area contributed by atoms with Crippen LogP contribution in [-0.2, 0) is 35.2 Å². The molecule has 1 aliphatic rings. The molecular weight excluding hydrogens is 444 g/mol. The minimum absolute atomic E-state index is 0.0311. The minimum Gasteiger partial charge on any atom is -0.467 e. The Kier molecular flexibility index (Phi) is 7.05. The standard InChI is InChI=1S/C20H20N2O9S/c1-29-19(23)18-11-16(12-21(18)20(24)30-13-14-5-3-2-4-6-14)31-32(27,28)17-9-7-15(8-10-17)22(25)26/h2-10,16,18H,11-13H2,1H3/t16?,18-/m0/s1. The number of carbonyl (C=O) groups is 2. The molecule has 0 N–H and O–H groups in total. The number of ether oxygens (including phenoxy) is 2. The van der Waals surface area contributed by atoms with Gasteiger partial charge in [-0.05, 0) is 17.7 Å². The molecule has 170 valence electrons. The molecule has 1 aliphatic heterocycles. The summed E-state index contributed by atoms with van der Waals surface area (Å²) in [4.78, 5) is 35.6. The molecule has 0 aromatic heterocycles. The summed E-state index contributed by atoms with van der Waals surface area (Å²) < 4.78 is 40.3. The molecule has 1 amide bonds. The highest BCUT2D eigenvalue weighted by Gasteiger charge is 2.43. The van der Waals surface area contributed by atoms with Crippen molar-refractivity contribution in [1.82, 2.24) is 4.90 Å². The number of hydrogen-bond acceptors (Lipinski definition) is 9. The summed E-state index contributed by atoms with van der Waals surface area (Å²) in [6, 6.07) is 12.0. The van der Waals surface area contributed by atoms with Crippen LogP contribution in [-0.4, -0.2) is 56.1 Å². The van der Waals surface area contributed by atoms with E-state index in [-0.39, 0.29) is 30.2 Å². The summed E-state index contributed by atoms with van der Waals surface area (Å²) in [5, 5.41) is 10.7. The second-order valence-corrected chi connectivity index (χ2v) is 8.46. The van der Waals surface area contributed by atoms with E-state index in [1.54, 1.807) is 24.3 Å². The maximum atomic E-state index is 12.6. The van der Waals surface area contributed by atoms with Crippen molar-refractivity contribution in [2.45, 2.75) is 30.1 Å². The average molecular weight is 464 g/mol. The molecule has 2 aromatic rings. The van der Waals surface area contributed by atoms with Crippen LogP contribution in [0.3, 0.4) is 0 Å². The number of methoxy groups -OCH3 is 1. The molecule has 0 aliphatic carbocycles. The minimum atomic E-state index is -4.30. The fourth-order valence-electron chi connectivity index (χ4n) is 3.20. The van der Waals surface area contributed by atoms with Crippen LogP contribution in [0, 0.1) is 10.1 Å². The van der Waals surface area contributed by atoms with E-state index in [4.69, 9.17) is 13.7 Å². The highest BCUT2D eigenvalue weighted by Crippen LogP contribution is 2.27. The van der Waals surface area contributed by atoms with E-state index in [1.807, 2.05) is 6.07 Å². The van der Waals surface area contributed by atoms with Gasteiger partial charge in [0, 0.05) is 18.6 Å². The highest BCUT2D eigenvalue weighted by molar-refractivity contribution is 7.86. The first kappa shape index (κ1) is 23.2. The van der Waals surface area contributed by atoms with Crippen molar-refractivity contribution in [2.24, 2.45) is 0 Å². The third-order valence-corrected chi connectivity index (χ3v) is 6.15. The first-order valence-electron chi connectivity index (χ1n) is 9.44. The molecule has 1 unspecified atom stereocenters. The second-order valence-electron chi connectivity index (χ2n) is 6.89. The van der Waals surface area contributed by atoms with E-state index < -0.39 is 39.2 Å². The molecule has 0 radical (unpaired) electrons. The van der Waals surface area contributed by atoms with Crippen molar-refractivity contribution >= 4 is 27.9 Å². The Bertz CT molecular complexity index is 1090. The number of nitrogens with zero attached hydrogens (tertiary/aromatic N) is 2. The van der Waals surface area contributed by atoms with Crippen LogP contribution in [0.4, 0.5) is 10.5 Å². The van der Waals surface area contributed by atoms with Gasteiger partial charge in [-0.15, -0.1) is 0 Å². The van der Waals surface area contributed by atoms with Gasteiger partial charge in [-0.1, -0.05) is 30.3 Å². The number of amides is 1. The molecule has 11 nitrogen and oxygen atoms in total. The van der Waals surface area contributed by atoms with Crippen molar-refractivity contribution < 1.29 is 36.6 Å². The van der Waals surface area contributed by atoms with Crippen LogP contribution < -0.4 is 0 Å². The molecule has 1 saturated heterocycles. The number of likely N-dealkylation sites (tertiary alicyclic amines) is 1. The largest absolute Gasteiger partial charge is 0.467 e. The van der Waals surface area contributed by atoms with E-state index in [2.05, 4.69) is 0 Å². The number of rotatable bonds is 7. The summed E-state index contributed by atoms with van der Waals surface area (Å²) in [7, 11) is -3.15. The van der Waals surface area contributed by atoms with Gasteiger partial charge in [0.05, 0.1) is 29.6 Å². The zero-order chi connectivity index (χ0) is 23.3. The van der Waals surface area contributed by atoms with Crippen LogP contribution in [0.25, 0.3) is 0 Å². The third kappa shape index (κ3) is 5.39. The lowest BCUT2D eigenvalue weighted by Gasteiger charge is -2.21. The Labute approximate surface area is 183 Å². The summed E-state index contributed by atoms with van der Waals surface area (Å²) in [6.45, 7) is -0.254. The Morgan fingerprint density at radius 1 is 1.12 bits per heavy atom. The van der Waals surface area contributed by atoms with Crippen molar-refractivity contribution in [1.29, 1.82) is 0 Å². The van der Waals surface area contributed by atoms with Gasteiger partial charge in [0.1, 0.15) is 12.6 Å². The van der Waals surface area contributed by atoms with Gasteiger partial charge >= 0.3 is 12.1 Å². The van der Waals surface area contributed by atoms with Gasteiger partial charge in [0.25, 0.3) is 15.8 Å². The normalized spacial score (nSPS) is 18.2. The molecule has 1 fully saturated rings. The Balaban J connectivity index is 1.70. The zero-order valence-electron chi connectivity index (χ0n) is 16.9. The maximum Gasteiger partial charge on any atom is 0.410 e. The summed E-state index contributed by atoms with van der Waals surface area (Å²) in [5.74, 6) is -0.736. The monoisotopic (exact) mass is 464 g/mol. The lowest BCUT2D eigenvalue weighted by Crippen LogP contribution is -2.41. The van der Waals surface area contributed by atoms with Crippen LogP contribution in [0.2, 0.25) is 0 Å². The molecule has 0 bridgehead atoms. The predicted octanol–water partition coefficient (Wildman–Crippen LogP) is 2.25. The number of carbonyl (C=O) groups excluding carboxylic acids is 2. The van der Waals surface area contributed by atoms with Crippen molar-refractivity contribution in [3.63, 3.8) is 0 Å². The highest BCUT2D eigenvalue weighted by atomic mass is 32.2. The quantitative estimate of drug-likeness (QED) is 0.261. The van der Waals surface area contributed by atoms with Gasteiger partial charge in [-0.3, -0.25) is 19.2 Å². The van der Waals surface area contributed by atoms with Crippen LogP contribution in [0.5, 0.6) is 0 Å². The SMILES string of the molecule is COC(=O)[C@@H]1CC(OS(=O)(=O)c2ccc([N+](=O)[O-])cc2)CN1C(=O)OCc1ccccc1. The number of esters is 1. The van der Waals surface area contributed by atoms with Crippen molar-refractivity contribution in [3.8, 4) is 0 Å². The fraction of sp³-hybridized carbons (Fsp3) is 0.300. The molecule has 3 rings (SSSR count). The summed E-state index contributed by atoms with van der Waals surface area (Å²) in [6.07, 6.45) is -1.98. The number of non-ortho nitro benzene ring substituents is 1. The second kappa shape index (κ2) is 9.75. The first-order chi connectivity index (χ1) is 15.2. The van der Waals surface area contributed by atoms with E-state index in [0.717, 1.165) is 41.8 Å². The van der Waals surface area contributed by atoms with Crippen molar-refractivity contribution in [3.05, 3.63) is 70.3 Å². The summed E-state index contributed by atoms with van der Waals surface area (Å²) in [5.41, 5.74) is 0.464. The molecular formula is C20H20N2O9S. The average Bonchev–Trinajstić information content (AvgIpc) is 3.20. The van der Waals surface area contributed by atoms with Crippen LogP contribution in [0.1, 0.15) is 12.0 Å². The van der Waals surface area contributed by atoms with Gasteiger partial charge in [-0.2, -0.15) is 8.42 Å². The smallest absolute Gasteiger partial charge is 0.410 e.